The lowest BCUT2D eigenvalue weighted by Crippen LogP contribution is -2.30. The summed E-state index contributed by atoms with van der Waals surface area (Å²) in [5, 5.41) is 5.55. The maximum absolute atomic E-state index is 12.7. The molecule has 0 radical (unpaired) electrons. The van der Waals surface area contributed by atoms with Crippen molar-refractivity contribution in [1.82, 2.24) is 4.98 Å². The number of nitrogens with zero attached hydrogens (tertiary/aromatic N) is 2. The number of hydrogen-bond acceptors (Lipinski definition) is 5. The molecule has 0 bridgehead atoms. The molecular weight excluding hydrogens is 374 g/mol. The van der Waals surface area contributed by atoms with Gasteiger partial charge in [-0.15, -0.1) is 11.3 Å². The van der Waals surface area contributed by atoms with E-state index in [0.29, 0.717) is 22.4 Å². The highest BCUT2D eigenvalue weighted by Crippen LogP contribution is 2.33. The van der Waals surface area contributed by atoms with E-state index in [1.54, 1.807) is 22.4 Å². The highest BCUT2D eigenvalue weighted by molar-refractivity contribution is 7.14. The van der Waals surface area contributed by atoms with Crippen LogP contribution in [0.15, 0.2) is 46.4 Å². The van der Waals surface area contributed by atoms with Crippen molar-refractivity contribution in [1.29, 1.82) is 0 Å². The summed E-state index contributed by atoms with van der Waals surface area (Å²) in [4.78, 5) is 30.7. The summed E-state index contributed by atoms with van der Waals surface area (Å²) in [6.45, 7) is 0.615. The second-order valence-electron chi connectivity index (χ2n) is 5.79. The standard InChI is InChI=1S/C18H14ClN3O3S/c19-13-3-1-4-14-12(13)6-7-22(14)16(23)9-11-10-26-18(20-11)21-17(24)15-5-2-8-25-15/h1-5,8,10H,6-7,9H2,(H,20,21,24). The highest BCUT2D eigenvalue weighted by Gasteiger charge is 2.26. The van der Waals surface area contributed by atoms with E-state index in [0.717, 1.165) is 17.7 Å². The second kappa shape index (κ2) is 6.93. The Hall–Kier alpha value is -2.64. The fourth-order valence-corrected chi connectivity index (χ4v) is 3.88. The summed E-state index contributed by atoms with van der Waals surface area (Å²) in [5.41, 5.74) is 2.49. The molecule has 4 rings (SSSR count). The van der Waals surface area contributed by atoms with Gasteiger partial charge in [0.15, 0.2) is 10.9 Å². The van der Waals surface area contributed by atoms with E-state index in [1.165, 1.54) is 17.6 Å². The van der Waals surface area contributed by atoms with Crippen molar-refractivity contribution in [3.8, 4) is 0 Å². The average Bonchev–Trinajstić information content (AvgIpc) is 3.35. The van der Waals surface area contributed by atoms with Crippen LogP contribution >= 0.6 is 22.9 Å². The van der Waals surface area contributed by atoms with Crippen LogP contribution in [0, 0.1) is 0 Å². The van der Waals surface area contributed by atoms with Gasteiger partial charge in [0.2, 0.25) is 5.91 Å². The predicted molar refractivity (Wildman–Crippen MR) is 100.0 cm³/mol. The largest absolute Gasteiger partial charge is 0.459 e. The molecule has 0 unspecified atom stereocenters. The summed E-state index contributed by atoms with van der Waals surface area (Å²) in [7, 11) is 0. The Morgan fingerprint density at radius 1 is 1.31 bits per heavy atom. The van der Waals surface area contributed by atoms with E-state index in [1.807, 2.05) is 18.2 Å². The Balaban J connectivity index is 1.43. The lowest BCUT2D eigenvalue weighted by atomic mass is 10.2. The molecule has 0 fully saturated rings. The molecule has 2 aromatic heterocycles. The predicted octanol–water partition coefficient (Wildman–Crippen LogP) is 3.77. The zero-order valence-corrected chi connectivity index (χ0v) is 15.1. The molecule has 0 atom stereocenters. The molecule has 26 heavy (non-hydrogen) atoms. The number of benzene rings is 1. The lowest BCUT2D eigenvalue weighted by Gasteiger charge is -2.16. The number of furan rings is 1. The number of amides is 2. The zero-order valence-electron chi connectivity index (χ0n) is 13.6. The van der Waals surface area contributed by atoms with Crippen LogP contribution in [0.2, 0.25) is 5.02 Å². The highest BCUT2D eigenvalue weighted by atomic mass is 35.5. The molecule has 0 aliphatic carbocycles. The molecule has 0 spiro atoms. The monoisotopic (exact) mass is 387 g/mol. The molecule has 1 aliphatic heterocycles. The number of carbonyl (C=O) groups is 2. The Kier molecular flexibility index (Phi) is 4.48. The number of thiazole rings is 1. The van der Waals surface area contributed by atoms with Gasteiger partial charge in [-0.1, -0.05) is 17.7 Å². The van der Waals surface area contributed by atoms with E-state index in [9.17, 15) is 9.59 Å². The van der Waals surface area contributed by atoms with Gasteiger partial charge in [-0.2, -0.15) is 0 Å². The van der Waals surface area contributed by atoms with E-state index in [2.05, 4.69) is 10.3 Å². The molecule has 1 N–H and O–H groups in total. The summed E-state index contributed by atoms with van der Waals surface area (Å²) in [6.07, 6.45) is 2.35. The van der Waals surface area contributed by atoms with E-state index < -0.39 is 0 Å². The number of aromatic nitrogens is 1. The number of nitrogens with one attached hydrogen (secondary N) is 1. The minimum absolute atomic E-state index is 0.0415. The summed E-state index contributed by atoms with van der Waals surface area (Å²) < 4.78 is 5.04. The van der Waals surface area contributed by atoms with Crippen LogP contribution < -0.4 is 10.2 Å². The van der Waals surface area contributed by atoms with Crippen molar-refractivity contribution in [3.63, 3.8) is 0 Å². The normalized spacial score (nSPS) is 12.9. The number of hydrogen-bond donors (Lipinski definition) is 1. The third kappa shape index (κ3) is 3.23. The van der Waals surface area contributed by atoms with Gasteiger partial charge in [0, 0.05) is 22.6 Å². The SMILES string of the molecule is O=C(Nc1nc(CC(=O)N2CCc3c(Cl)cccc32)cs1)c1ccco1. The molecular formula is C18H14ClN3O3S. The molecule has 3 aromatic rings. The summed E-state index contributed by atoms with van der Waals surface area (Å²) in [5.74, 6) is -0.200. The van der Waals surface area contributed by atoms with Gasteiger partial charge in [-0.3, -0.25) is 14.9 Å². The number of fused-ring (bicyclic) bond motifs is 1. The molecule has 6 nitrogen and oxygen atoms in total. The van der Waals surface area contributed by atoms with Crippen molar-refractivity contribution in [2.75, 3.05) is 16.8 Å². The van der Waals surface area contributed by atoms with Crippen molar-refractivity contribution >= 4 is 45.6 Å². The second-order valence-corrected chi connectivity index (χ2v) is 7.05. The first-order valence-corrected chi connectivity index (χ1v) is 9.24. The quantitative estimate of drug-likeness (QED) is 0.739. The molecule has 1 aromatic carbocycles. The van der Waals surface area contributed by atoms with E-state index in [4.69, 9.17) is 16.0 Å². The Labute approximate surface area is 158 Å². The van der Waals surface area contributed by atoms with Crippen LogP contribution in [0.1, 0.15) is 21.8 Å². The molecule has 0 saturated carbocycles. The molecule has 1 aliphatic rings. The average molecular weight is 388 g/mol. The van der Waals surface area contributed by atoms with Gasteiger partial charge in [0.05, 0.1) is 18.4 Å². The van der Waals surface area contributed by atoms with Crippen molar-refractivity contribution in [2.45, 2.75) is 12.8 Å². The molecule has 132 valence electrons. The van der Waals surface area contributed by atoms with Crippen LogP contribution in [-0.2, 0) is 17.6 Å². The number of halogens is 1. The van der Waals surface area contributed by atoms with Crippen LogP contribution in [0.3, 0.4) is 0 Å². The number of rotatable bonds is 4. The van der Waals surface area contributed by atoms with E-state index in [-0.39, 0.29) is 24.0 Å². The fourth-order valence-electron chi connectivity index (χ4n) is 2.91. The van der Waals surface area contributed by atoms with Crippen molar-refractivity contribution in [2.24, 2.45) is 0 Å². The third-order valence-corrected chi connectivity index (χ3v) is 5.28. The number of anilines is 2. The smallest absolute Gasteiger partial charge is 0.293 e. The number of carbonyl (C=O) groups excluding carboxylic acids is 2. The van der Waals surface area contributed by atoms with Gasteiger partial charge in [0.25, 0.3) is 5.91 Å². The first-order valence-electron chi connectivity index (χ1n) is 7.99. The third-order valence-electron chi connectivity index (χ3n) is 4.12. The Bertz CT molecular complexity index is 968. The van der Waals surface area contributed by atoms with Crippen molar-refractivity contribution in [3.05, 3.63) is 64.0 Å². The maximum Gasteiger partial charge on any atom is 0.293 e. The molecule has 2 amide bonds. The van der Waals surface area contributed by atoms with Crippen LogP contribution in [0.25, 0.3) is 0 Å². The first-order chi connectivity index (χ1) is 12.6. The van der Waals surface area contributed by atoms with Gasteiger partial charge < -0.3 is 9.32 Å². The van der Waals surface area contributed by atoms with Crippen molar-refractivity contribution < 1.29 is 14.0 Å². The van der Waals surface area contributed by atoms with Gasteiger partial charge in [-0.25, -0.2) is 4.98 Å². The molecule has 3 heterocycles. The summed E-state index contributed by atoms with van der Waals surface area (Å²) >= 11 is 7.47. The topological polar surface area (TPSA) is 75.4 Å². The Morgan fingerprint density at radius 3 is 3.00 bits per heavy atom. The van der Waals surface area contributed by atoms with Crippen LogP contribution in [-0.4, -0.2) is 23.3 Å². The maximum atomic E-state index is 12.7. The van der Waals surface area contributed by atoms with Crippen LogP contribution in [0.4, 0.5) is 10.8 Å². The fraction of sp³-hybridized carbons (Fsp3) is 0.167. The van der Waals surface area contributed by atoms with Gasteiger partial charge >= 0.3 is 0 Å². The lowest BCUT2D eigenvalue weighted by molar-refractivity contribution is -0.117. The molecule has 0 saturated heterocycles. The summed E-state index contributed by atoms with van der Waals surface area (Å²) in [6, 6.07) is 8.80. The Morgan fingerprint density at radius 2 is 2.19 bits per heavy atom. The minimum atomic E-state index is -0.370. The zero-order chi connectivity index (χ0) is 18.1. The van der Waals surface area contributed by atoms with Crippen LogP contribution in [0.5, 0.6) is 0 Å². The first kappa shape index (κ1) is 16.8. The van der Waals surface area contributed by atoms with Gasteiger partial charge in [0.1, 0.15) is 0 Å². The molecule has 8 heteroatoms. The minimum Gasteiger partial charge on any atom is -0.459 e. The van der Waals surface area contributed by atoms with E-state index >= 15 is 0 Å². The van der Waals surface area contributed by atoms with Gasteiger partial charge in [-0.05, 0) is 36.2 Å².